The van der Waals surface area contributed by atoms with E-state index in [2.05, 4.69) is 0 Å². The highest BCUT2D eigenvalue weighted by molar-refractivity contribution is 6.26. The van der Waals surface area contributed by atoms with Gasteiger partial charge in [0.05, 0.1) is 24.8 Å². The molecule has 0 fully saturated rings. The van der Waals surface area contributed by atoms with Gasteiger partial charge in [-0.1, -0.05) is 78.9 Å². The number of anilines is 1. The van der Waals surface area contributed by atoms with Crippen LogP contribution in [0.4, 0.5) is 5.69 Å². The van der Waals surface area contributed by atoms with Crippen LogP contribution in [0.5, 0.6) is 0 Å². The van der Waals surface area contributed by atoms with Crippen LogP contribution in [-0.2, 0) is 9.53 Å². The first-order valence-electron chi connectivity index (χ1n) is 9.09. The number of carbonyl (C=O) groups excluding carboxylic acids is 1. The molecule has 3 rings (SSSR count). The number of ether oxygens (including phenoxy) is 1. The number of hydrogen-bond donors (Lipinski definition) is 1. The van der Waals surface area contributed by atoms with Crippen molar-refractivity contribution in [3.8, 4) is 0 Å². The highest BCUT2D eigenvalue weighted by Crippen LogP contribution is 2.32. The van der Waals surface area contributed by atoms with E-state index in [9.17, 15) is 9.90 Å². The lowest BCUT2D eigenvalue weighted by atomic mass is 10.0. The summed E-state index contributed by atoms with van der Waals surface area (Å²) >= 11 is 6.61. The Balaban J connectivity index is 1.78. The Kier molecular flexibility index (Phi) is 7.06. The summed E-state index contributed by atoms with van der Waals surface area (Å²) in [5, 5.41) is 9.65. The number of aliphatic hydroxyl groups excluding tert-OH is 1. The summed E-state index contributed by atoms with van der Waals surface area (Å²) in [5.41, 5.74) is 2.44. The summed E-state index contributed by atoms with van der Waals surface area (Å²) in [6.45, 7) is -0.283. The number of para-hydroxylation sites is 1. The molecule has 2 atom stereocenters. The van der Waals surface area contributed by atoms with Crippen molar-refractivity contribution in [3.63, 3.8) is 0 Å². The molecule has 3 aromatic rings. The van der Waals surface area contributed by atoms with Gasteiger partial charge in [-0.15, -0.1) is 0 Å². The van der Waals surface area contributed by atoms with Gasteiger partial charge >= 0.3 is 5.97 Å². The van der Waals surface area contributed by atoms with E-state index in [0.29, 0.717) is 0 Å². The van der Waals surface area contributed by atoms with Crippen LogP contribution in [0.3, 0.4) is 0 Å². The topological polar surface area (TPSA) is 49.8 Å². The Labute approximate surface area is 170 Å². The van der Waals surface area contributed by atoms with Crippen molar-refractivity contribution in [2.24, 2.45) is 0 Å². The number of aliphatic hydroxyl groups is 1. The van der Waals surface area contributed by atoms with Crippen LogP contribution < -0.4 is 4.42 Å². The maximum atomic E-state index is 12.7. The molecule has 144 valence electrons. The molecule has 0 aliphatic carbocycles. The van der Waals surface area contributed by atoms with Gasteiger partial charge < -0.3 is 9.84 Å². The molecule has 0 spiro atoms. The van der Waals surface area contributed by atoms with Crippen molar-refractivity contribution in [2.45, 2.75) is 18.6 Å². The molecule has 0 radical (unpaired) electrons. The molecule has 0 aliphatic rings. The Hall–Kier alpha value is -2.82. The van der Waals surface area contributed by atoms with Crippen LogP contribution in [0.2, 0.25) is 0 Å². The molecular formula is C23H22ClNO3. The highest BCUT2D eigenvalue weighted by atomic mass is 35.5. The predicted octanol–water partition coefficient (Wildman–Crippen LogP) is 5.06. The summed E-state index contributed by atoms with van der Waals surface area (Å²) in [6.07, 6.45) is -0.656. The van der Waals surface area contributed by atoms with Gasteiger partial charge in [0.25, 0.3) is 0 Å². The van der Waals surface area contributed by atoms with Crippen LogP contribution in [-0.4, -0.2) is 17.7 Å². The van der Waals surface area contributed by atoms with Crippen molar-refractivity contribution >= 4 is 23.4 Å². The second-order valence-corrected chi connectivity index (χ2v) is 6.71. The lowest BCUT2D eigenvalue weighted by molar-refractivity contribution is -0.152. The van der Waals surface area contributed by atoms with Crippen molar-refractivity contribution < 1.29 is 14.6 Å². The second-order valence-electron chi connectivity index (χ2n) is 6.35. The summed E-state index contributed by atoms with van der Waals surface area (Å²) in [4.78, 5) is 12.7. The minimum absolute atomic E-state index is 0.0474. The molecule has 5 heteroatoms. The van der Waals surface area contributed by atoms with Gasteiger partial charge in [0, 0.05) is 11.8 Å². The number of nitrogens with zero attached hydrogens (tertiary/aromatic N) is 1. The minimum atomic E-state index is -0.703. The molecule has 0 heterocycles. The lowest BCUT2D eigenvalue weighted by Crippen LogP contribution is -2.24. The van der Waals surface area contributed by atoms with Gasteiger partial charge in [-0.2, -0.15) is 0 Å². The first-order valence-corrected chi connectivity index (χ1v) is 9.43. The van der Waals surface area contributed by atoms with Crippen molar-refractivity contribution in [1.82, 2.24) is 0 Å². The summed E-state index contributed by atoms with van der Waals surface area (Å²) in [7, 11) is 0. The monoisotopic (exact) mass is 395 g/mol. The number of hydrogen-bond acceptors (Lipinski definition) is 4. The maximum absolute atomic E-state index is 12.7. The van der Waals surface area contributed by atoms with Gasteiger partial charge in [0.15, 0.2) is 0 Å². The predicted molar refractivity (Wildman–Crippen MR) is 111 cm³/mol. The number of esters is 1. The molecule has 0 aliphatic heterocycles. The third-order valence-electron chi connectivity index (χ3n) is 4.43. The highest BCUT2D eigenvalue weighted by Gasteiger charge is 2.25. The van der Waals surface area contributed by atoms with E-state index >= 15 is 0 Å². The van der Waals surface area contributed by atoms with E-state index in [1.807, 2.05) is 91.0 Å². The zero-order chi connectivity index (χ0) is 19.8. The molecular weight excluding hydrogens is 374 g/mol. The minimum Gasteiger partial charge on any atom is -0.455 e. The van der Waals surface area contributed by atoms with E-state index in [-0.39, 0.29) is 13.0 Å². The van der Waals surface area contributed by atoms with E-state index < -0.39 is 18.1 Å². The normalized spacial score (nSPS) is 12.8. The zero-order valence-electron chi connectivity index (χ0n) is 15.3. The Morgan fingerprint density at radius 3 is 1.89 bits per heavy atom. The van der Waals surface area contributed by atoms with Crippen LogP contribution >= 0.6 is 11.8 Å². The van der Waals surface area contributed by atoms with E-state index in [1.54, 1.807) is 4.42 Å². The number of carbonyl (C=O) groups is 1. The SMILES string of the molecule is O=C(C[C@@H](c1ccccc1)N(Cl)c1ccccc1)O[C@@H](CO)c1ccccc1. The molecule has 4 nitrogen and oxygen atoms in total. The number of rotatable bonds is 8. The van der Waals surface area contributed by atoms with Crippen molar-refractivity contribution in [2.75, 3.05) is 11.0 Å². The Morgan fingerprint density at radius 1 is 0.857 bits per heavy atom. The van der Waals surface area contributed by atoms with Crippen LogP contribution in [0.1, 0.15) is 29.7 Å². The summed E-state index contributed by atoms with van der Waals surface area (Å²) in [5.74, 6) is -0.432. The third-order valence-corrected chi connectivity index (χ3v) is 4.86. The molecule has 0 amide bonds. The molecule has 1 N–H and O–H groups in total. The van der Waals surface area contributed by atoms with Crippen molar-refractivity contribution in [1.29, 1.82) is 0 Å². The van der Waals surface area contributed by atoms with Crippen LogP contribution in [0.15, 0.2) is 91.0 Å². The van der Waals surface area contributed by atoms with Crippen molar-refractivity contribution in [3.05, 3.63) is 102 Å². The smallest absolute Gasteiger partial charge is 0.308 e. The number of benzene rings is 3. The largest absolute Gasteiger partial charge is 0.455 e. The Morgan fingerprint density at radius 2 is 1.36 bits per heavy atom. The Bertz CT molecular complexity index is 859. The van der Waals surface area contributed by atoms with Gasteiger partial charge in [-0.25, -0.2) is 0 Å². The molecule has 3 aromatic carbocycles. The van der Waals surface area contributed by atoms with E-state index in [1.165, 1.54) is 0 Å². The summed E-state index contributed by atoms with van der Waals surface area (Å²) < 4.78 is 7.10. The van der Waals surface area contributed by atoms with E-state index in [4.69, 9.17) is 16.5 Å². The summed E-state index contributed by atoms with van der Waals surface area (Å²) in [6, 6.07) is 27.8. The third kappa shape index (κ3) is 5.12. The van der Waals surface area contributed by atoms with Crippen LogP contribution in [0.25, 0.3) is 0 Å². The quantitative estimate of drug-likeness (QED) is 0.428. The molecule has 0 unspecified atom stereocenters. The fraction of sp³-hybridized carbons (Fsp3) is 0.174. The molecule has 0 bridgehead atoms. The number of halogens is 1. The van der Waals surface area contributed by atoms with Gasteiger partial charge in [-0.3, -0.25) is 9.21 Å². The molecule has 0 aromatic heterocycles. The maximum Gasteiger partial charge on any atom is 0.308 e. The average molecular weight is 396 g/mol. The molecule has 0 saturated carbocycles. The van der Waals surface area contributed by atoms with Crippen LogP contribution in [0, 0.1) is 0 Å². The fourth-order valence-electron chi connectivity index (χ4n) is 3.00. The first-order chi connectivity index (χ1) is 13.7. The lowest BCUT2D eigenvalue weighted by Gasteiger charge is -2.27. The average Bonchev–Trinajstić information content (AvgIpc) is 2.77. The first kappa shape index (κ1) is 19.9. The van der Waals surface area contributed by atoms with Gasteiger partial charge in [0.1, 0.15) is 6.10 Å². The standard InChI is InChI=1S/C23H22ClNO3/c24-25(20-14-8-3-9-15-20)21(18-10-4-1-5-11-18)16-23(27)28-22(17-26)19-12-6-2-7-13-19/h1-15,21-22,26H,16-17H2/t21-,22-/m0/s1. The second kappa shape index (κ2) is 9.93. The fourth-order valence-corrected chi connectivity index (χ4v) is 3.29. The molecule has 28 heavy (non-hydrogen) atoms. The van der Waals surface area contributed by atoms with Gasteiger partial charge in [0.2, 0.25) is 0 Å². The van der Waals surface area contributed by atoms with Gasteiger partial charge in [-0.05, 0) is 23.3 Å². The zero-order valence-corrected chi connectivity index (χ0v) is 16.1. The van der Waals surface area contributed by atoms with E-state index in [0.717, 1.165) is 16.8 Å². The molecule has 0 saturated heterocycles.